The summed E-state index contributed by atoms with van der Waals surface area (Å²) in [7, 11) is -3.15. The summed E-state index contributed by atoms with van der Waals surface area (Å²) >= 11 is 11.7. The van der Waals surface area contributed by atoms with E-state index < -0.39 is 27.8 Å². The smallest absolute Gasteiger partial charge is 0.326 e. The van der Waals surface area contributed by atoms with Crippen molar-refractivity contribution in [2.24, 2.45) is 0 Å². The van der Waals surface area contributed by atoms with Crippen molar-refractivity contribution >= 4 is 44.9 Å². The van der Waals surface area contributed by atoms with Crippen LogP contribution in [-0.2, 0) is 25.8 Å². The SMILES string of the molecule is CS(=O)(=O)CCCC(=O)NC(Cc1cc(Cl)cc(Cl)c1)C(=O)O. The van der Waals surface area contributed by atoms with Gasteiger partial charge < -0.3 is 10.4 Å². The minimum Gasteiger partial charge on any atom is -0.480 e. The third kappa shape index (κ3) is 8.20. The number of nitrogens with one attached hydrogen (secondary N) is 1. The van der Waals surface area contributed by atoms with Gasteiger partial charge in [-0.1, -0.05) is 23.2 Å². The fourth-order valence-corrected chi connectivity index (χ4v) is 3.17. The summed E-state index contributed by atoms with van der Waals surface area (Å²) in [5.41, 5.74) is 0.575. The second-order valence-electron chi connectivity index (χ2n) is 5.17. The van der Waals surface area contributed by atoms with Gasteiger partial charge in [-0.15, -0.1) is 0 Å². The number of carboxylic acids is 1. The molecule has 0 spiro atoms. The molecule has 0 heterocycles. The number of carboxylic acid groups (broad SMARTS) is 1. The van der Waals surface area contributed by atoms with E-state index in [1.54, 1.807) is 12.1 Å². The number of hydrogen-bond donors (Lipinski definition) is 2. The fraction of sp³-hybridized carbons (Fsp3) is 0.429. The molecule has 0 saturated heterocycles. The molecular formula is C14H17Cl2NO5S. The van der Waals surface area contributed by atoms with Crippen molar-refractivity contribution in [2.75, 3.05) is 12.0 Å². The predicted octanol–water partition coefficient (Wildman–Crippen LogP) is 1.93. The fourth-order valence-electron chi connectivity index (χ4n) is 1.93. The molecule has 0 fully saturated rings. The highest BCUT2D eigenvalue weighted by atomic mass is 35.5. The van der Waals surface area contributed by atoms with E-state index in [4.69, 9.17) is 23.2 Å². The van der Waals surface area contributed by atoms with Crippen LogP contribution >= 0.6 is 23.2 Å². The molecule has 0 aliphatic carbocycles. The molecule has 0 aliphatic rings. The third-order valence-electron chi connectivity index (χ3n) is 2.91. The number of sulfone groups is 1. The van der Waals surface area contributed by atoms with E-state index in [0.717, 1.165) is 6.26 Å². The van der Waals surface area contributed by atoms with Gasteiger partial charge in [-0.3, -0.25) is 4.79 Å². The molecule has 1 atom stereocenters. The number of carbonyl (C=O) groups is 2. The topological polar surface area (TPSA) is 101 Å². The monoisotopic (exact) mass is 381 g/mol. The van der Waals surface area contributed by atoms with Gasteiger partial charge in [-0.05, 0) is 30.2 Å². The first-order valence-electron chi connectivity index (χ1n) is 6.71. The van der Waals surface area contributed by atoms with E-state index in [1.807, 2.05) is 0 Å². The number of rotatable bonds is 8. The average Bonchev–Trinajstić information content (AvgIpc) is 2.34. The Morgan fingerprint density at radius 1 is 1.22 bits per heavy atom. The largest absolute Gasteiger partial charge is 0.480 e. The van der Waals surface area contributed by atoms with Crippen LogP contribution in [0.25, 0.3) is 0 Å². The van der Waals surface area contributed by atoms with Crippen LogP contribution in [0.5, 0.6) is 0 Å². The summed E-state index contributed by atoms with van der Waals surface area (Å²) < 4.78 is 22.0. The number of amides is 1. The summed E-state index contributed by atoms with van der Waals surface area (Å²) in [6.45, 7) is 0. The van der Waals surface area contributed by atoms with Crippen molar-refractivity contribution in [2.45, 2.75) is 25.3 Å². The first kappa shape index (κ1) is 19.7. The first-order chi connectivity index (χ1) is 10.6. The minimum absolute atomic E-state index is 0.0213. The minimum atomic E-state index is -3.15. The Kier molecular flexibility index (Phi) is 7.31. The van der Waals surface area contributed by atoms with Gasteiger partial charge in [0.15, 0.2) is 0 Å². The highest BCUT2D eigenvalue weighted by molar-refractivity contribution is 7.90. The molecule has 1 amide bonds. The molecular weight excluding hydrogens is 365 g/mol. The molecule has 1 aromatic rings. The average molecular weight is 382 g/mol. The quantitative estimate of drug-likeness (QED) is 0.716. The lowest BCUT2D eigenvalue weighted by molar-refractivity contribution is -0.141. The molecule has 23 heavy (non-hydrogen) atoms. The lowest BCUT2D eigenvalue weighted by Gasteiger charge is -2.15. The lowest BCUT2D eigenvalue weighted by atomic mass is 10.1. The van der Waals surface area contributed by atoms with Crippen molar-refractivity contribution in [3.63, 3.8) is 0 Å². The Bertz CT molecular complexity index is 670. The van der Waals surface area contributed by atoms with Crippen LogP contribution in [0.2, 0.25) is 10.0 Å². The van der Waals surface area contributed by atoms with E-state index >= 15 is 0 Å². The van der Waals surface area contributed by atoms with Crippen molar-refractivity contribution in [3.05, 3.63) is 33.8 Å². The molecule has 1 rings (SSSR count). The highest BCUT2D eigenvalue weighted by Crippen LogP contribution is 2.20. The molecule has 0 aromatic heterocycles. The summed E-state index contributed by atoms with van der Waals surface area (Å²) in [5.74, 6) is -1.84. The van der Waals surface area contributed by atoms with E-state index in [9.17, 15) is 23.1 Å². The molecule has 6 nitrogen and oxygen atoms in total. The van der Waals surface area contributed by atoms with Crippen molar-refractivity contribution in [1.82, 2.24) is 5.32 Å². The Hall–Kier alpha value is -1.31. The molecule has 0 radical (unpaired) electrons. The number of hydrogen-bond acceptors (Lipinski definition) is 4. The van der Waals surface area contributed by atoms with E-state index in [1.165, 1.54) is 6.07 Å². The maximum atomic E-state index is 11.7. The van der Waals surface area contributed by atoms with Crippen molar-refractivity contribution in [1.29, 1.82) is 0 Å². The number of aliphatic carboxylic acids is 1. The third-order valence-corrected chi connectivity index (χ3v) is 4.38. The maximum Gasteiger partial charge on any atom is 0.326 e. The Labute approximate surface area is 144 Å². The second kappa shape index (κ2) is 8.52. The van der Waals surface area contributed by atoms with Crippen LogP contribution in [-0.4, -0.2) is 43.5 Å². The summed E-state index contributed by atoms with van der Waals surface area (Å²) in [5, 5.41) is 12.3. The number of halogens is 2. The Balaban J connectivity index is 2.64. The maximum absolute atomic E-state index is 11.7. The molecule has 9 heteroatoms. The zero-order valence-corrected chi connectivity index (χ0v) is 14.7. The number of carbonyl (C=O) groups excluding carboxylic acids is 1. The van der Waals surface area contributed by atoms with Gasteiger partial charge >= 0.3 is 5.97 Å². The summed E-state index contributed by atoms with van der Waals surface area (Å²) in [6.07, 6.45) is 1.18. The van der Waals surface area contributed by atoms with Crippen LogP contribution in [0.1, 0.15) is 18.4 Å². The van der Waals surface area contributed by atoms with Crippen LogP contribution in [0, 0.1) is 0 Å². The van der Waals surface area contributed by atoms with Crippen LogP contribution in [0.3, 0.4) is 0 Å². The van der Waals surface area contributed by atoms with Gasteiger partial charge in [-0.2, -0.15) is 0 Å². The molecule has 0 aliphatic heterocycles. The van der Waals surface area contributed by atoms with Gasteiger partial charge in [0.1, 0.15) is 15.9 Å². The van der Waals surface area contributed by atoms with Gasteiger partial charge in [-0.25, -0.2) is 13.2 Å². The lowest BCUT2D eigenvalue weighted by Crippen LogP contribution is -2.42. The van der Waals surface area contributed by atoms with Gasteiger partial charge in [0, 0.05) is 29.1 Å². The van der Waals surface area contributed by atoms with Crippen molar-refractivity contribution < 1.29 is 23.1 Å². The van der Waals surface area contributed by atoms with Gasteiger partial charge in [0.25, 0.3) is 0 Å². The zero-order chi connectivity index (χ0) is 17.6. The Morgan fingerprint density at radius 3 is 2.26 bits per heavy atom. The van der Waals surface area contributed by atoms with E-state index in [2.05, 4.69) is 5.32 Å². The predicted molar refractivity (Wildman–Crippen MR) is 88.7 cm³/mol. The number of benzene rings is 1. The van der Waals surface area contributed by atoms with Crippen LogP contribution < -0.4 is 5.32 Å². The second-order valence-corrected chi connectivity index (χ2v) is 8.31. The van der Waals surface area contributed by atoms with Gasteiger partial charge in [0.2, 0.25) is 5.91 Å². The van der Waals surface area contributed by atoms with Crippen LogP contribution in [0.4, 0.5) is 0 Å². The molecule has 0 saturated carbocycles. The molecule has 1 unspecified atom stereocenters. The zero-order valence-electron chi connectivity index (χ0n) is 12.4. The van der Waals surface area contributed by atoms with E-state index in [-0.39, 0.29) is 25.0 Å². The normalized spacial score (nSPS) is 12.7. The highest BCUT2D eigenvalue weighted by Gasteiger charge is 2.21. The van der Waals surface area contributed by atoms with Gasteiger partial charge in [0.05, 0.1) is 5.75 Å². The summed E-state index contributed by atoms with van der Waals surface area (Å²) in [6, 6.07) is 3.51. The summed E-state index contributed by atoms with van der Waals surface area (Å²) in [4.78, 5) is 23.0. The molecule has 0 bridgehead atoms. The molecule has 2 N–H and O–H groups in total. The first-order valence-corrected chi connectivity index (χ1v) is 9.53. The van der Waals surface area contributed by atoms with Crippen molar-refractivity contribution in [3.8, 4) is 0 Å². The molecule has 128 valence electrons. The molecule has 1 aromatic carbocycles. The van der Waals surface area contributed by atoms with E-state index in [0.29, 0.717) is 15.6 Å². The Morgan fingerprint density at radius 2 is 1.78 bits per heavy atom. The standard InChI is InChI=1S/C14H17Cl2NO5S/c1-23(21,22)4-2-3-13(18)17-12(14(19)20)7-9-5-10(15)8-11(16)6-9/h5-6,8,12H,2-4,7H2,1H3,(H,17,18)(H,19,20). The van der Waals surface area contributed by atoms with Crippen LogP contribution in [0.15, 0.2) is 18.2 Å².